The lowest BCUT2D eigenvalue weighted by Crippen LogP contribution is -2.03. The van der Waals surface area contributed by atoms with E-state index < -0.39 is 0 Å². The Balaban J connectivity index is 1.88. The third-order valence-electron chi connectivity index (χ3n) is 3.57. The van der Waals surface area contributed by atoms with Gasteiger partial charge in [-0.2, -0.15) is 0 Å². The molecule has 3 aromatic rings. The number of benzene rings is 1. The number of ether oxygens (including phenoxy) is 2. The molecule has 0 unspecified atom stereocenters. The van der Waals surface area contributed by atoms with Crippen LogP contribution in [0.4, 0.5) is 5.69 Å². The molecule has 0 aliphatic rings. The molecule has 118 valence electrons. The van der Waals surface area contributed by atoms with Gasteiger partial charge in [-0.3, -0.25) is 4.98 Å². The van der Waals surface area contributed by atoms with Crippen LogP contribution >= 0.6 is 11.6 Å². The lowest BCUT2D eigenvalue weighted by molar-refractivity contribution is 0.391. The molecule has 0 fully saturated rings. The van der Waals surface area contributed by atoms with Crippen molar-refractivity contribution < 1.29 is 9.47 Å². The highest BCUT2D eigenvalue weighted by Gasteiger charge is 2.07. The smallest absolute Gasteiger partial charge is 0.129 e. The van der Waals surface area contributed by atoms with Gasteiger partial charge < -0.3 is 14.8 Å². The van der Waals surface area contributed by atoms with Gasteiger partial charge in [-0.25, -0.2) is 4.98 Å². The second-order valence-electron chi connectivity index (χ2n) is 4.95. The molecule has 1 aromatic carbocycles. The van der Waals surface area contributed by atoms with Gasteiger partial charge in [-0.1, -0.05) is 11.6 Å². The first kappa shape index (κ1) is 15.4. The lowest BCUT2D eigenvalue weighted by Gasteiger charge is -2.13. The minimum atomic E-state index is 0.453. The molecule has 0 aliphatic heterocycles. The summed E-state index contributed by atoms with van der Waals surface area (Å²) in [5.74, 6) is 1.53. The molecule has 5 nitrogen and oxygen atoms in total. The molecule has 0 saturated heterocycles. The fourth-order valence-electron chi connectivity index (χ4n) is 2.37. The Morgan fingerprint density at radius 1 is 1.09 bits per heavy atom. The molecule has 1 N–H and O–H groups in total. The number of nitrogens with zero attached hydrogens (tertiary/aromatic N) is 2. The van der Waals surface area contributed by atoms with Gasteiger partial charge in [0.2, 0.25) is 0 Å². The van der Waals surface area contributed by atoms with E-state index in [1.807, 2.05) is 24.3 Å². The molecule has 0 radical (unpaired) electrons. The first-order valence-electron chi connectivity index (χ1n) is 7.05. The molecule has 0 spiro atoms. The Hall–Kier alpha value is -2.53. The van der Waals surface area contributed by atoms with Crippen LogP contribution in [0.1, 0.15) is 5.56 Å². The average Bonchev–Trinajstić information content (AvgIpc) is 2.59. The summed E-state index contributed by atoms with van der Waals surface area (Å²) in [6.07, 6.45) is 5.25. The van der Waals surface area contributed by atoms with Gasteiger partial charge in [0.1, 0.15) is 16.7 Å². The van der Waals surface area contributed by atoms with E-state index in [-0.39, 0.29) is 0 Å². The normalized spacial score (nSPS) is 10.6. The van der Waals surface area contributed by atoms with Crippen molar-refractivity contribution in [2.45, 2.75) is 6.54 Å². The standard InChI is InChI=1S/C17H16ClN3O2/c1-22-13-4-3-11(16(5-13)23-2)8-20-15-10-19-7-12-9-21-17(18)6-14(12)15/h3-7,9-10,20H,8H2,1-2H3. The Kier molecular flexibility index (Phi) is 4.48. The summed E-state index contributed by atoms with van der Waals surface area (Å²) in [5, 5.41) is 5.74. The van der Waals surface area contributed by atoms with Crippen LogP contribution in [-0.2, 0) is 6.54 Å². The van der Waals surface area contributed by atoms with E-state index in [2.05, 4.69) is 15.3 Å². The Labute approximate surface area is 139 Å². The summed E-state index contributed by atoms with van der Waals surface area (Å²) in [4.78, 5) is 8.30. The molecule has 0 amide bonds. The van der Waals surface area contributed by atoms with Crippen LogP contribution in [0.2, 0.25) is 5.15 Å². The number of rotatable bonds is 5. The van der Waals surface area contributed by atoms with Crippen LogP contribution in [0.25, 0.3) is 10.8 Å². The highest BCUT2D eigenvalue weighted by Crippen LogP contribution is 2.27. The number of pyridine rings is 2. The molecule has 2 aromatic heterocycles. The average molecular weight is 330 g/mol. The number of methoxy groups -OCH3 is 2. The summed E-state index contributed by atoms with van der Waals surface area (Å²) in [7, 11) is 3.27. The molecule has 0 atom stereocenters. The quantitative estimate of drug-likeness (QED) is 0.719. The van der Waals surface area contributed by atoms with Crippen molar-refractivity contribution in [3.8, 4) is 11.5 Å². The number of hydrogen-bond donors (Lipinski definition) is 1. The number of aromatic nitrogens is 2. The Bertz CT molecular complexity index is 839. The SMILES string of the molecule is COc1ccc(CNc2cncc3cnc(Cl)cc23)c(OC)c1. The summed E-state index contributed by atoms with van der Waals surface area (Å²) >= 11 is 6.00. The maximum absolute atomic E-state index is 6.00. The molecule has 2 heterocycles. The van der Waals surface area contributed by atoms with E-state index in [1.165, 1.54) is 0 Å². The molecule has 3 rings (SSSR count). The van der Waals surface area contributed by atoms with Crippen LogP contribution in [-0.4, -0.2) is 24.2 Å². The molecule has 0 saturated carbocycles. The fraction of sp³-hybridized carbons (Fsp3) is 0.176. The van der Waals surface area contributed by atoms with Gasteiger partial charge >= 0.3 is 0 Å². The van der Waals surface area contributed by atoms with E-state index in [0.29, 0.717) is 11.7 Å². The molecule has 23 heavy (non-hydrogen) atoms. The van der Waals surface area contributed by atoms with Crippen LogP contribution in [0.15, 0.2) is 42.9 Å². The van der Waals surface area contributed by atoms with Crippen LogP contribution in [0, 0.1) is 0 Å². The second kappa shape index (κ2) is 6.71. The van der Waals surface area contributed by atoms with Crippen molar-refractivity contribution in [2.75, 3.05) is 19.5 Å². The van der Waals surface area contributed by atoms with Crippen molar-refractivity contribution in [3.05, 3.63) is 53.6 Å². The minimum Gasteiger partial charge on any atom is -0.497 e. The minimum absolute atomic E-state index is 0.453. The first-order valence-corrected chi connectivity index (χ1v) is 7.43. The van der Waals surface area contributed by atoms with Gasteiger partial charge in [0.15, 0.2) is 0 Å². The molecule has 6 heteroatoms. The van der Waals surface area contributed by atoms with E-state index in [1.54, 1.807) is 32.8 Å². The Morgan fingerprint density at radius 2 is 1.96 bits per heavy atom. The van der Waals surface area contributed by atoms with Gasteiger partial charge in [0.05, 0.1) is 26.1 Å². The summed E-state index contributed by atoms with van der Waals surface area (Å²) < 4.78 is 10.6. The predicted molar refractivity (Wildman–Crippen MR) is 91.4 cm³/mol. The number of hydrogen-bond acceptors (Lipinski definition) is 5. The zero-order valence-corrected chi connectivity index (χ0v) is 13.6. The Morgan fingerprint density at radius 3 is 2.74 bits per heavy atom. The van der Waals surface area contributed by atoms with Gasteiger partial charge in [0.25, 0.3) is 0 Å². The third kappa shape index (κ3) is 3.29. The maximum Gasteiger partial charge on any atom is 0.129 e. The number of nitrogens with one attached hydrogen (secondary N) is 1. The largest absolute Gasteiger partial charge is 0.497 e. The molecule has 0 bridgehead atoms. The van der Waals surface area contributed by atoms with Gasteiger partial charge in [-0.15, -0.1) is 0 Å². The summed E-state index contributed by atoms with van der Waals surface area (Å²) in [6.45, 7) is 0.591. The number of fused-ring (bicyclic) bond motifs is 1. The first-order chi connectivity index (χ1) is 11.2. The van der Waals surface area contributed by atoms with Crippen LogP contribution < -0.4 is 14.8 Å². The second-order valence-corrected chi connectivity index (χ2v) is 5.33. The zero-order valence-electron chi connectivity index (χ0n) is 12.8. The number of anilines is 1. The van der Waals surface area contributed by atoms with Crippen LogP contribution in [0.5, 0.6) is 11.5 Å². The highest BCUT2D eigenvalue weighted by atomic mass is 35.5. The number of halogens is 1. The lowest BCUT2D eigenvalue weighted by atomic mass is 10.1. The van der Waals surface area contributed by atoms with Crippen LogP contribution in [0.3, 0.4) is 0 Å². The van der Waals surface area contributed by atoms with Crippen molar-refractivity contribution in [2.24, 2.45) is 0 Å². The van der Waals surface area contributed by atoms with Crippen molar-refractivity contribution >= 4 is 28.1 Å². The van der Waals surface area contributed by atoms with Crippen molar-refractivity contribution in [1.82, 2.24) is 9.97 Å². The molecule has 0 aliphatic carbocycles. The van der Waals surface area contributed by atoms with E-state index in [0.717, 1.165) is 33.5 Å². The predicted octanol–water partition coefficient (Wildman–Crippen LogP) is 3.91. The third-order valence-corrected chi connectivity index (χ3v) is 3.78. The maximum atomic E-state index is 6.00. The molecular formula is C17H16ClN3O2. The monoisotopic (exact) mass is 329 g/mol. The summed E-state index contributed by atoms with van der Waals surface area (Å²) in [5.41, 5.74) is 1.91. The van der Waals surface area contributed by atoms with E-state index >= 15 is 0 Å². The van der Waals surface area contributed by atoms with Gasteiger partial charge in [0, 0.05) is 41.3 Å². The highest BCUT2D eigenvalue weighted by molar-refractivity contribution is 6.30. The van der Waals surface area contributed by atoms with E-state index in [9.17, 15) is 0 Å². The van der Waals surface area contributed by atoms with Crippen molar-refractivity contribution in [1.29, 1.82) is 0 Å². The van der Waals surface area contributed by atoms with E-state index in [4.69, 9.17) is 21.1 Å². The molecular weight excluding hydrogens is 314 g/mol. The zero-order chi connectivity index (χ0) is 16.2. The summed E-state index contributed by atoms with van der Waals surface area (Å²) in [6, 6.07) is 7.56. The van der Waals surface area contributed by atoms with Gasteiger partial charge in [-0.05, 0) is 18.2 Å². The van der Waals surface area contributed by atoms with Crippen molar-refractivity contribution in [3.63, 3.8) is 0 Å². The topological polar surface area (TPSA) is 56.3 Å². The fourth-order valence-corrected chi connectivity index (χ4v) is 2.53.